The molecule has 1 aromatic rings. The molecule has 0 radical (unpaired) electrons. The van der Waals surface area contributed by atoms with E-state index in [1.165, 1.54) is 12.1 Å². The molecule has 0 fully saturated rings. The molecule has 0 saturated heterocycles. The number of hydrogen-bond donors (Lipinski definition) is 2. The van der Waals surface area contributed by atoms with Crippen LogP contribution in [0.2, 0.25) is 0 Å². The number of carbonyl (C=O) groups excluding carboxylic acids is 1. The predicted octanol–water partition coefficient (Wildman–Crippen LogP) is 2.50. The zero-order valence-electron chi connectivity index (χ0n) is 13.0. The number of anilines is 1. The van der Waals surface area contributed by atoms with E-state index >= 15 is 0 Å². The van der Waals surface area contributed by atoms with Crippen LogP contribution in [-0.2, 0) is 16.0 Å². The minimum absolute atomic E-state index is 0.0945. The lowest BCUT2D eigenvalue weighted by atomic mass is 9.75. The molecule has 0 aliphatic rings. The molecule has 4 nitrogen and oxygen atoms in total. The van der Waals surface area contributed by atoms with Gasteiger partial charge < -0.3 is 16.2 Å². The quantitative estimate of drug-likeness (QED) is 0.598. The number of rotatable bonds is 7. The number of ether oxygens (including phenoxy) is 1. The maximum Gasteiger partial charge on any atom is 0.313 e. The van der Waals surface area contributed by atoms with Crippen molar-refractivity contribution >= 4 is 11.7 Å². The first-order valence-electron chi connectivity index (χ1n) is 7.26. The Morgan fingerprint density at radius 2 is 2.10 bits per heavy atom. The average molecular weight is 296 g/mol. The monoisotopic (exact) mass is 296 g/mol. The Labute approximate surface area is 125 Å². The highest BCUT2D eigenvalue weighted by Gasteiger charge is 2.39. The first kappa shape index (κ1) is 17.4. The maximum atomic E-state index is 13.6. The van der Waals surface area contributed by atoms with E-state index in [2.05, 4.69) is 0 Å². The topological polar surface area (TPSA) is 78.3 Å². The highest BCUT2D eigenvalue weighted by atomic mass is 19.1. The Morgan fingerprint density at radius 1 is 1.43 bits per heavy atom. The van der Waals surface area contributed by atoms with Gasteiger partial charge in [-0.05, 0) is 43.4 Å². The van der Waals surface area contributed by atoms with Crippen molar-refractivity contribution in [2.75, 3.05) is 18.9 Å². The summed E-state index contributed by atoms with van der Waals surface area (Å²) in [5.74, 6) is -0.526. The zero-order chi connectivity index (χ0) is 16.0. The number of esters is 1. The maximum absolute atomic E-state index is 13.6. The van der Waals surface area contributed by atoms with Gasteiger partial charge in [0.15, 0.2) is 0 Å². The molecule has 1 rings (SSSR count). The first-order chi connectivity index (χ1) is 9.84. The molecule has 0 spiro atoms. The third-order valence-electron chi connectivity index (χ3n) is 3.51. The lowest BCUT2D eigenvalue weighted by molar-refractivity contribution is -0.156. The lowest BCUT2D eigenvalue weighted by Gasteiger charge is -2.32. The third-order valence-corrected chi connectivity index (χ3v) is 3.51. The summed E-state index contributed by atoms with van der Waals surface area (Å²) < 4.78 is 18.8. The summed E-state index contributed by atoms with van der Waals surface area (Å²) in [5, 5.41) is 0. The molecule has 0 amide bonds. The van der Waals surface area contributed by atoms with Gasteiger partial charge >= 0.3 is 5.97 Å². The summed E-state index contributed by atoms with van der Waals surface area (Å²) in [6.45, 7) is 6.27. The van der Waals surface area contributed by atoms with Gasteiger partial charge in [-0.25, -0.2) is 4.39 Å². The molecule has 1 aromatic carbocycles. The van der Waals surface area contributed by atoms with E-state index in [-0.39, 0.29) is 24.1 Å². The Balaban J connectivity index is 3.10. The second-order valence-corrected chi connectivity index (χ2v) is 5.84. The first-order valence-corrected chi connectivity index (χ1v) is 7.26. The van der Waals surface area contributed by atoms with Crippen LogP contribution in [0.4, 0.5) is 10.1 Å². The Hall–Kier alpha value is -1.62. The molecule has 21 heavy (non-hydrogen) atoms. The van der Waals surface area contributed by atoms with E-state index in [0.717, 1.165) is 0 Å². The fourth-order valence-corrected chi connectivity index (χ4v) is 2.60. The largest absolute Gasteiger partial charge is 0.466 e. The summed E-state index contributed by atoms with van der Waals surface area (Å²) in [7, 11) is 0. The van der Waals surface area contributed by atoms with Crippen LogP contribution in [0.25, 0.3) is 0 Å². The van der Waals surface area contributed by atoms with E-state index < -0.39 is 11.2 Å². The third kappa shape index (κ3) is 4.43. The minimum Gasteiger partial charge on any atom is -0.466 e. The SMILES string of the molecule is CCOC(=O)C(CN)(Cc1ccc(N)c(F)c1)CC(C)C. The predicted molar refractivity (Wildman–Crippen MR) is 82.1 cm³/mol. The number of hydrogen-bond acceptors (Lipinski definition) is 4. The van der Waals surface area contributed by atoms with Gasteiger partial charge in [-0.3, -0.25) is 4.79 Å². The van der Waals surface area contributed by atoms with Gasteiger partial charge in [0, 0.05) is 6.54 Å². The van der Waals surface area contributed by atoms with Crippen LogP contribution in [-0.4, -0.2) is 19.1 Å². The second-order valence-electron chi connectivity index (χ2n) is 5.84. The van der Waals surface area contributed by atoms with Crippen LogP contribution < -0.4 is 11.5 Å². The Bertz CT molecular complexity index is 491. The van der Waals surface area contributed by atoms with Crippen LogP contribution in [0.3, 0.4) is 0 Å². The number of carbonyl (C=O) groups is 1. The molecule has 0 aliphatic heterocycles. The number of nitrogen functional groups attached to an aromatic ring is 1. The van der Waals surface area contributed by atoms with E-state index in [1.54, 1.807) is 13.0 Å². The van der Waals surface area contributed by atoms with E-state index in [9.17, 15) is 9.18 Å². The molecule has 0 aromatic heterocycles. The number of halogens is 1. The number of benzene rings is 1. The van der Waals surface area contributed by atoms with Crippen molar-refractivity contribution in [2.45, 2.75) is 33.6 Å². The van der Waals surface area contributed by atoms with Gasteiger partial charge in [0.1, 0.15) is 5.82 Å². The van der Waals surface area contributed by atoms with Crippen molar-refractivity contribution < 1.29 is 13.9 Å². The van der Waals surface area contributed by atoms with Gasteiger partial charge in [-0.1, -0.05) is 19.9 Å². The Morgan fingerprint density at radius 3 is 2.57 bits per heavy atom. The van der Waals surface area contributed by atoms with E-state index in [1.807, 2.05) is 13.8 Å². The molecule has 5 heteroatoms. The molecule has 0 saturated carbocycles. The van der Waals surface area contributed by atoms with Crippen molar-refractivity contribution in [1.82, 2.24) is 0 Å². The molecular formula is C16H25FN2O2. The summed E-state index contributed by atoms with van der Waals surface area (Å²) in [5.41, 5.74) is 11.3. The molecule has 1 atom stereocenters. The van der Waals surface area contributed by atoms with Crippen molar-refractivity contribution in [2.24, 2.45) is 17.1 Å². The van der Waals surface area contributed by atoms with Crippen molar-refractivity contribution in [3.05, 3.63) is 29.6 Å². The van der Waals surface area contributed by atoms with Crippen LogP contribution in [0, 0.1) is 17.2 Å². The molecule has 4 N–H and O–H groups in total. The fourth-order valence-electron chi connectivity index (χ4n) is 2.60. The van der Waals surface area contributed by atoms with E-state index in [4.69, 9.17) is 16.2 Å². The van der Waals surface area contributed by atoms with Crippen LogP contribution in [0.1, 0.15) is 32.8 Å². The minimum atomic E-state index is -0.827. The van der Waals surface area contributed by atoms with Crippen molar-refractivity contribution in [1.29, 1.82) is 0 Å². The summed E-state index contributed by atoms with van der Waals surface area (Å²) in [4.78, 5) is 12.4. The average Bonchev–Trinajstić information content (AvgIpc) is 2.41. The van der Waals surface area contributed by atoms with Crippen LogP contribution >= 0.6 is 0 Å². The van der Waals surface area contributed by atoms with Gasteiger partial charge in [-0.15, -0.1) is 0 Å². The fraction of sp³-hybridized carbons (Fsp3) is 0.562. The summed E-state index contributed by atoms with van der Waals surface area (Å²) in [6.07, 6.45) is 0.937. The lowest BCUT2D eigenvalue weighted by Crippen LogP contribution is -2.43. The molecular weight excluding hydrogens is 271 g/mol. The standard InChI is InChI=1S/C16H25FN2O2/c1-4-21-15(20)16(10-18,8-11(2)3)9-12-5-6-14(19)13(17)7-12/h5-7,11H,4,8-10,18-19H2,1-3H3. The summed E-state index contributed by atoms with van der Waals surface area (Å²) in [6, 6.07) is 4.59. The molecule has 0 aliphatic carbocycles. The van der Waals surface area contributed by atoms with Gasteiger partial charge in [0.2, 0.25) is 0 Å². The normalized spacial score (nSPS) is 14.0. The smallest absolute Gasteiger partial charge is 0.313 e. The van der Waals surface area contributed by atoms with Gasteiger partial charge in [-0.2, -0.15) is 0 Å². The molecule has 0 bridgehead atoms. The highest BCUT2D eigenvalue weighted by Crippen LogP contribution is 2.32. The molecule has 0 heterocycles. The highest BCUT2D eigenvalue weighted by molar-refractivity contribution is 5.77. The number of nitrogens with two attached hydrogens (primary N) is 2. The molecule has 118 valence electrons. The zero-order valence-corrected chi connectivity index (χ0v) is 13.0. The summed E-state index contributed by atoms with van der Waals surface area (Å²) >= 11 is 0. The second kappa shape index (κ2) is 7.41. The molecule has 1 unspecified atom stereocenters. The van der Waals surface area contributed by atoms with Gasteiger partial charge in [0.05, 0.1) is 17.7 Å². The van der Waals surface area contributed by atoms with Crippen molar-refractivity contribution in [3.63, 3.8) is 0 Å². The van der Waals surface area contributed by atoms with Crippen molar-refractivity contribution in [3.8, 4) is 0 Å². The van der Waals surface area contributed by atoms with Crippen LogP contribution in [0.15, 0.2) is 18.2 Å². The van der Waals surface area contributed by atoms with Crippen LogP contribution in [0.5, 0.6) is 0 Å². The van der Waals surface area contributed by atoms with Gasteiger partial charge in [0.25, 0.3) is 0 Å². The van der Waals surface area contributed by atoms with E-state index in [0.29, 0.717) is 25.0 Å². The Kier molecular flexibility index (Phi) is 6.15.